The number of ether oxygens (including phenoxy) is 1. The first-order valence-electron chi connectivity index (χ1n) is 10.2. The van der Waals surface area contributed by atoms with E-state index in [0.29, 0.717) is 18.8 Å². The smallest absolute Gasteiger partial charge is 0.326 e. The van der Waals surface area contributed by atoms with Crippen LogP contribution in [0.4, 0.5) is 11.4 Å². The maximum atomic E-state index is 12.2. The lowest BCUT2D eigenvalue weighted by atomic mass is 9.94. The van der Waals surface area contributed by atoms with Crippen LogP contribution in [0.2, 0.25) is 0 Å². The largest absolute Gasteiger partial charge is 0.497 e. The molecule has 0 aliphatic rings. The maximum absolute atomic E-state index is 12.2. The normalized spacial score (nSPS) is 11.8. The first-order valence-corrected chi connectivity index (χ1v) is 10.2. The number of carboxylic acid groups (broad SMARTS) is 1. The third kappa shape index (κ3) is 4.45. The summed E-state index contributed by atoms with van der Waals surface area (Å²) in [5, 5.41) is 12.7. The van der Waals surface area contributed by atoms with E-state index in [0.717, 1.165) is 16.7 Å². The van der Waals surface area contributed by atoms with Crippen molar-refractivity contribution in [2.45, 2.75) is 26.3 Å². The van der Waals surface area contributed by atoms with E-state index < -0.39 is 22.9 Å². The predicted octanol–water partition coefficient (Wildman–Crippen LogP) is 2.91. The van der Waals surface area contributed by atoms with Crippen molar-refractivity contribution in [3.05, 3.63) is 74.5 Å². The number of methoxy groups -OCH3 is 1. The monoisotopic (exact) mass is 422 g/mol. The molecule has 0 aromatic heterocycles. The third-order valence-corrected chi connectivity index (χ3v) is 5.40. The first-order chi connectivity index (χ1) is 14.9. The lowest BCUT2D eigenvalue weighted by Gasteiger charge is -2.27. The summed E-state index contributed by atoms with van der Waals surface area (Å²) in [4.78, 5) is 38.1. The van der Waals surface area contributed by atoms with Gasteiger partial charge in [-0.25, -0.2) is 4.79 Å². The van der Waals surface area contributed by atoms with E-state index in [1.165, 1.54) is 0 Å². The molecule has 1 atom stereocenters. The highest BCUT2D eigenvalue weighted by Gasteiger charge is 2.29. The van der Waals surface area contributed by atoms with E-state index in [1.807, 2.05) is 56.3 Å². The number of nitrogens with zero attached hydrogens (tertiary/aromatic N) is 1. The molecular weight excluding hydrogens is 396 g/mol. The molecule has 7 nitrogen and oxygen atoms in total. The third-order valence-electron chi connectivity index (χ3n) is 5.40. The van der Waals surface area contributed by atoms with Gasteiger partial charge in [-0.05, 0) is 42.7 Å². The fourth-order valence-electron chi connectivity index (χ4n) is 3.71. The fraction of sp³-hybridized carbons (Fsp3) is 0.292. The van der Waals surface area contributed by atoms with Gasteiger partial charge in [-0.2, -0.15) is 0 Å². The molecule has 3 rings (SSSR count). The van der Waals surface area contributed by atoms with Gasteiger partial charge in [0.1, 0.15) is 23.2 Å². The van der Waals surface area contributed by atoms with Crippen LogP contribution in [0.5, 0.6) is 5.75 Å². The lowest BCUT2D eigenvalue weighted by Crippen LogP contribution is -2.45. The number of benzene rings is 2. The van der Waals surface area contributed by atoms with Crippen LogP contribution < -0.4 is 25.8 Å². The Labute approximate surface area is 180 Å². The molecule has 0 spiro atoms. The molecule has 31 heavy (non-hydrogen) atoms. The predicted molar refractivity (Wildman–Crippen MR) is 122 cm³/mol. The average Bonchev–Trinajstić information content (AvgIpc) is 2.80. The molecule has 162 valence electrons. The van der Waals surface area contributed by atoms with E-state index in [4.69, 9.17) is 4.74 Å². The van der Waals surface area contributed by atoms with Gasteiger partial charge >= 0.3 is 5.97 Å². The van der Waals surface area contributed by atoms with Crippen molar-refractivity contribution in [2.24, 2.45) is 0 Å². The highest BCUT2D eigenvalue weighted by molar-refractivity contribution is 5.83. The van der Waals surface area contributed by atoms with Gasteiger partial charge in [0, 0.05) is 19.5 Å². The number of hydrogen-bond donors (Lipinski definition) is 2. The molecule has 0 aliphatic heterocycles. The van der Waals surface area contributed by atoms with Crippen molar-refractivity contribution in [3.63, 3.8) is 0 Å². The van der Waals surface area contributed by atoms with Gasteiger partial charge < -0.3 is 20.1 Å². The van der Waals surface area contributed by atoms with Crippen LogP contribution in [-0.2, 0) is 11.2 Å². The number of carboxylic acids is 1. The lowest BCUT2D eigenvalue weighted by molar-refractivity contribution is -0.137. The fourth-order valence-corrected chi connectivity index (χ4v) is 3.71. The van der Waals surface area contributed by atoms with Crippen LogP contribution in [0.1, 0.15) is 19.4 Å². The van der Waals surface area contributed by atoms with Crippen molar-refractivity contribution in [1.82, 2.24) is 0 Å². The topological polar surface area (TPSA) is 95.9 Å². The second-order valence-electron chi connectivity index (χ2n) is 7.18. The molecule has 0 bridgehead atoms. The van der Waals surface area contributed by atoms with Crippen molar-refractivity contribution in [2.75, 3.05) is 30.4 Å². The van der Waals surface area contributed by atoms with Gasteiger partial charge in [0.25, 0.3) is 10.9 Å². The van der Waals surface area contributed by atoms with Gasteiger partial charge in [0.2, 0.25) is 0 Å². The summed E-state index contributed by atoms with van der Waals surface area (Å²) >= 11 is 0. The average molecular weight is 422 g/mol. The van der Waals surface area contributed by atoms with Crippen molar-refractivity contribution >= 4 is 17.3 Å². The Bertz CT molecular complexity index is 1130. The number of aliphatic carboxylic acids is 1. The molecule has 0 amide bonds. The zero-order valence-electron chi connectivity index (χ0n) is 17.8. The molecule has 0 heterocycles. The first kappa shape index (κ1) is 22.1. The Morgan fingerprint density at radius 1 is 1.06 bits per heavy atom. The number of hydrogen-bond acceptors (Lipinski definition) is 6. The minimum Gasteiger partial charge on any atom is -0.497 e. The molecule has 0 saturated heterocycles. The summed E-state index contributed by atoms with van der Waals surface area (Å²) in [5.41, 5.74) is 1.66. The van der Waals surface area contributed by atoms with Crippen LogP contribution in [0, 0.1) is 0 Å². The van der Waals surface area contributed by atoms with E-state index in [2.05, 4.69) is 5.32 Å². The summed E-state index contributed by atoms with van der Waals surface area (Å²) in [5.74, 6) is -0.503. The molecule has 0 fully saturated rings. The highest BCUT2D eigenvalue weighted by atomic mass is 16.5. The quantitative estimate of drug-likeness (QED) is 0.485. The Morgan fingerprint density at radius 3 is 2.32 bits per heavy atom. The molecule has 0 saturated carbocycles. The van der Waals surface area contributed by atoms with E-state index in [9.17, 15) is 19.5 Å². The summed E-state index contributed by atoms with van der Waals surface area (Å²) in [6.45, 7) is 4.84. The maximum Gasteiger partial charge on any atom is 0.326 e. The van der Waals surface area contributed by atoms with Crippen molar-refractivity contribution in [1.29, 1.82) is 0 Å². The highest BCUT2D eigenvalue weighted by Crippen LogP contribution is 2.29. The second-order valence-corrected chi connectivity index (χ2v) is 7.18. The van der Waals surface area contributed by atoms with Gasteiger partial charge in [-0.15, -0.1) is 0 Å². The summed E-state index contributed by atoms with van der Waals surface area (Å²) in [6, 6.07) is 14.1. The van der Waals surface area contributed by atoms with Crippen LogP contribution in [0.15, 0.2) is 58.1 Å². The van der Waals surface area contributed by atoms with Crippen LogP contribution in [-0.4, -0.2) is 37.3 Å². The van der Waals surface area contributed by atoms with E-state index in [1.54, 1.807) is 18.1 Å². The number of anilines is 2. The Kier molecular flexibility index (Phi) is 6.74. The molecule has 0 radical (unpaired) electrons. The van der Waals surface area contributed by atoms with Crippen LogP contribution in [0.25, 0.3) is 11.1 Å². The molecule has 0 aliphatic carbocycles. The zero-order valence-corrected chi connectivity index (χ0v) is 17.8. The van der Waals surface area contributed by atoms with Gasteiger partial charge in [-0.1, -0.05) is 36.4 Å². The second kappa shape index (κ2) is 9.47. The van der Waals surface area contributed by atoms with Crippen molar-refractivity contribution < 1.29 is 14.6 Å². The number of carbonyl (C=O) groups is 1. The minimum atomic E-state index is -1.11. The minimum absolute atomic E-state index is 0.0743. The standard InChI is InChI=1S/C24H26N2O5/c1-4-26(5-2)21-20(22(27)23(21)28)25-19(24(29)30)14-16-13-17(31-3)11-12-18(16)15-9-7-6-8-10-15/h6-13,19,25H,4-5,14H2,1-3H3,(H,29,30). The summed E-state index contributed by atoms with van der Waals surface area (Å²) < 4.78 is 5.33. The number of nitrogens with one attached hydrogen (secondary N) is 1. The molecule has 1 unspecified atom stereocenters. The van der Waals surface area contributed by atoms with Crippen molar-refractivity contribution in [3.8, 4) is 16.9 Å². The van der Waals surface area contributed by atoms with E-state index in [-0.39, 0.29) is 17.8 Å². The molecule has 7 heteroatoms. The number of rotatable bonds is 10. The van der Waals surface area contributed by atoms with Gasteiger partial charge in [-0.3, -0.25) is 9.59 Å². The Hall–Kier alpha value is -3.61. The summed E-state index contributed by atoms with van der Waals surface area (Å²) in [6.07, 6.45) is 0.104. The molecule has 2 N–H and O–H groups in total. The van der Waals surface area contributed by atoms with Gasteiger partial charge in [0.05, 0.1) is 7.11 Å². The zero-order chi connectivity index (χ0) is 22.5. The van der Waals surface area contributed by atoms with Gasteiger partial charge in [0.15, 0.2) is 0 Å². The van der Waals surface area contributed by atoms with Crippen LogP contribution >= 0.6 is 0 Å². The van der Waals surface area contributed by atoms with E-state index >= 15 is 0 Å². The molecule has 3 aromatic carbocycles. The molecule has 3 aromatic rings. The summed E-state index contributed by atoms with van der Waals surface area (Å²) in [7, 11) is 1.55. The van der Waals surface area contributed by atoms with Crippen LogP contribution in [0.3, 0.4) is 0 Å². The Morgan fingerprint density at radius 2 is 1.74 bits per heavy atom. The molecular formula is C24H26N2O5. The SMILES string of the molecule is CCN(CC)c1c(NC(Cc2cc(OC)ccc2-c2ccccc2)C(=O)O)c(=O)c1=O. The Balaban J connectivity index is 1.97.